The molecule has 4 nitrogen and oxygen atoms in total. The van der Waals surface area contributed by atoms with E-state index in [0.717, 1.165) is 51.3 Å². The zero-order valence-electron chi connectivity index (χ0n) is 20.4. The van der Waals surface area contributed by atoms with E-state index in [4.69, 9.17) is 0 Å². The average Bonchev–Trinajstić information content (AvgIpc) is 2.80. The molecule has 1 aromatic heterocycles. The number of rotatable bonds is 5. The van der Waals surface area contributed by atoms with Crippen LogP contribution in [0.15, 0.2) is 77.6 Å². The van der Waals surface area contributed by atoms with Gasteiger partial charge < -0.3 is 9.88 Å². The Morgan fingerprint density at radius 2 is 1.56 bits per heavy atom. The smallest absolute Gasteiger partial charge is 0.261 e. The van der Waals surface area contributed by atoms with Crippen LogP contribution < -0.4 is 10.7 Å². The van der Waals surface area contributed by atoms with Gasteiger partial charge in [-0.05, 0) is 68.5 Å². The van der Waals surface area contributed by atoms with Crippen molar-refractivity contribution in [2.24, 2.45) is 0 Å². The summed E-state index contributed by atoms with van der Waals surface area (Å²) in [6, 6.07) is 23.5. The molecule has 4 heteroatoms. The summed E-state index contributed by atoms with van der Waals surface area (Å²) in [4.78, 5) is 27.2. The van der Waals surface area contributed by atoms with Gasteiger partial charge in [0.15, 0.2) is 5.43 Å². The van der Waals surface area contributed by atoms with Crippen LogP contribution in [-0.2, 0) is 6.42 Å². The molecule has 34 heavy (non-hydrogen) atoms. The molecule has 0 aliphatic rings. The number of hydrogen-bond donors (Lipinski definition) is 1. The zero-order chi connectivity index (χ0) is 24.4. The molecule has 172 valence electrons. The highest BCUT2D eigenvalue weighted by molar-refractivity contribution is 6.09. The van der Waals surface area contributed by atoms with Crippen molar-refractivity contribution >= 4 is 11.6 Å². The summed E-state index contributed by atoms with van der Waals surface area (Å²) in [6.45, 7) is 9.98. The lowest BCUT2D eigenvalue weighted by atomic mass is 9.99. The molecule has 4 aromatic rings. The Balaban J connectivity index is 2.02. The number of nitrogens with zero attached hydrogens (tertiary/aromatic N) is 1. The Labute approximate surface area is 200 Å². The lowest BCUT2D eigenvalue weighted by molar-refractivity contribution is 0.102. The number of anilines is 1. The Kier molecular flexibility index (Phi) is 6.51. The number of carbonyl (C=O) groups excluding carboxylic acids is 1. The summed E-state index contributed by atoms with van der Waals surface area (Å²) in [5, 5.41) is 3.07. The molecule has 0 bridgehead atoms. The third kappa shape index (κ3) is 4.32. The second kappa shape index (κ2) is 9.52. The van der Waals surface area contributed by atoms with Gasteiger partial charge in [0.1, 0.15) is 5.56 Å². The highest BCUT2D eigenvalue weighted by atomic mass is 16.2. The van der Waals surface area contributed by atoms with Gasteiger partial charge in [-0.3, -0.25) is 9.59 Å². The van der Waals surface area contributed by atoms with E-state index in [9.17, 15) is 9.59 Å². The molecule has 0 unspecified atom stereocenters. The maximum atomic E-state index is 13.8. The standard InChI is InChI=1S/C30H30N2O2/c1-6-23-14-10-13-21(4)28(23)31-30(34)27-26(33)18-22(5)32(25-16-8-7-12-20(25)3)29(27)24-15-9-11-19(2)17-24/h7-18H,6H2,1-5H3,(H,31,34). The second-order valence-corrected chi connectivity index (χ2v) is 8.78. The third-order valence-electron chi connectivity index (χ3n) is 6.25. The molecule has 0 aliphatic carbocycles. The first-order valence-corrected chi connectivity index (χ1v) is 11.6. The van der Waals surface area contributed by atoms with Crippen molar-refractivity contribution in [3.8, 4) is 16.9 Å². The van der Waals surface area contributed by atoms with Crippen molar-refractivity contribution in [3.05, 3.63) is 117 Å². The predicted octanol–water partition coefficient (Wildman–Crippen LogP) is 6.55. The number of para-hydroxylation sites is 2. The van der Waals surface area contributed by atoms with Gasteiger partial charge in [-0.25, -0.2) is 0 Å². The highest BCUT2D eigenvalue weighted by Crippen LogP contribution is 2.30. The fraction of sp³-hybridized carbons (Fsp3) is 0.200. The normalized spacial score (nSPS) is 10.9. The van der Waals surface area contributed by atoms with Crippen LogP contribution in [0.5, 0.6) is 0 Å². The largest absolute Gasteiger partial charge is 0.321 e. The van der Waals surface area contributed by atoms with E-state index in [0.29, 0.717) is 5.69 Å². The molecule has 1 N–H and O–H groups in total. The van der Waals surface area contributed by atoms with Gasteiger partial charge in [0, 0.05) is 23.1 Å². The summed E-state index contributed by atoms with van der Waals surface area (Å²) in [6.07, 6.45) is 0.781. The maximum absolute atomic E-state index is 13.8. The molecule has 1 heterocycles. The van der Waals surface area contributed by atoms with Crippen molar-refractivity contribution in [2.75, 3.05) is 5.32 Å². The summed E-state index contributed by atoms with van der Waals surface area (Å²) in [5.74, 6) is -0.396. The quantitative estimate of drug-likeness (QED) is 0.375. The van der Waals surface area contributed by atoms with E-state index < -0.39 is 5.91 Å². The van der Waals surface area contributed by atoms with E-state index in [1.54, 1.807) is 6.07 Å². The number of aryl methyl sites for hydroxylation is 5. The van der Waals surface area contributed by atoms with E-state index in [1.807, 2.05) is 99.0 Å². The first-order valence-electron chi connectivity index (χ1n) is 11.6. The molecule has 0 saturated carbocycles. The first-order chi connectivity index (χ1) is 16.3. The van der Waals surface area contributed by atoms with E-state index in [1.165, 1.54) is 0 Å². The van der Waals surface area contributed by atoms with Crippen molar-refractivity contribution in [1.82, 2.24) is 4.57 Å². The van der Waals surface area contributed by atoms with Crippen molar-refractivity contribution in [1.29, 1.82) is 0 Å². The van der Waals surface area contributed by atoms with Crippen LogP contribution in [0.1, 0.15) is 45.2 Å². The molecule has 0 radical (unpaired) electrons. The Morgan fingerprint density at radius 1 is 0.853 bits per heavy atom. The van der Waals surface area contributed by atoms with Crippen molar-refractivity contribution < 1.29 is 4.79 Å². The van der Waals surface area contributed by atoms with Crippen LogP contribution in [0, 0.1) is 27.7 Å². The van der Waals surface area contributed by atoms with Crippen LogP contribution >= 0.6 is 0 Å². The van der Waals surface area contributed by atoms with Crippen LogP contribution in [0.3, 0.4) is 0 Å². The zero-order valence-corrected chi connectivity index (χ0v) is 20.4. The molecule has 1 amide bonds. The third-order valence-corrected chi connectivity index (χ3v) is 6.25. The highest BCUT2D eigenvalue weighted by Gasteiger charge is 2.24. The lowest BCUT2D eigenvalue weighted by Crippen LogP contribution is -2.27. The second-order valence-electron chi connectivity index (χ2n) is 8.78. The summed E-state index contributed by atoms with van der Waals surface area (Å²) in [7, 11) is 0. The molecular weight excluding hydrogens is 420 g/mol. The van der Waals surface area contributed by atoms with Gasteiger partial charge in [-0.15, -0.1) is 0 Å². The number of aromatic nitrogens is 1. The topological polar surface area (TPSA) is 51.1 Å². The van der Waals surface area contributed by atoms with Crippen LogP contribution in [0.4, 0.5) is 5.69 Å². The van der Waals surface area contributed by atoms with E-state index >= 15 is 0 Å². The van der Waals surface area contributed by atoms with Gasteiger partial charge >= 0.3 is 0 Å². The molecule has 0 fully saturated rings. The fourth-order valence-electron chi connectivity index (χ4n) is 4.52. The molecule has 0 spiro atoms. The van der Waals surface area contributed by atoms with Gasteiger partial charge in [-0.1, -0.05) is 67.1 Å². The maximum Gasteiger partial charge on any atom is 0.261 e. The minimum absolute atomic E-state index is 0.143. The molecule has 0 saturated heterocycles. The van der Waals surface area contributed by atoms with Gasteiger partial charge in [-0.2, -0.15) is 0 Å². The number of carbonyl (C=O) groups is 1. The van der Waals surface area contributed by atoms with E-state index in [-0.39, 0.29) is 11.0 Å². The van der Waals surface area contributed by atoms with Crippen LogP contribution in [-0.4, -0.2) is 10.5 Å². The molecule has 0 atom stereocenters. The Hall–Kier alpha value is -3.92. The Morgan fingerprint density at radius 3 is 2.26 bits per heavy atom. The molecule has 0 aliphatic heterocycles. The van der Waals surface area contributed by atoms with Gasteiger partial charge in [0.2, 0.25) is 0 Å². The number of hydrogen-bond acceptors (Lipinski definition) is 2. The summed E-state index contributed by atoms with van der Waals surface area (Å²) >= 11 is 0. The van der Waals surface area contributed by atoms with Crippen LogP contribution in [0.25, 0.3) is 16.9 Å². The minimum atomic E-state index is -0.396. The first kappa shape index (κ1) is 23.2. The number of benzene rings is 3. The SMILES string of the molecule is CCc1cccc(C)c1NC(=O)c1c(-c2cccc(C)c2)n(-c2ccccc2C)c(C)cc1=O. The molecule has 4 rings (SSSR count). The lowest BCUT2D eigenvalue weighted by Gasteiger charge is -2.22. The van der Waals surface area contributed by atoms with E-state index in [2.05, 4.69) is 12.2 Å². The summed E-state index contributed by atoms with van der Waals surface area (Å²) < 4.78 is 2.03. The molecular formula is C30H30N2O2. The van der Waals surface area contributed by atoms with Crippen molar-refractivity contribution in [2.45, 2.75) is 41.0 Å². The number of amides is 1. The predicted molar refractivity (Wildman–Crippen MR) is 140 cm³/mol. The number of pyridine rings is 1. The van der Waals surface area contributed by atoms with Crippen molar-refractivity contribution in [3.63, 3.8) is 0 Å². The average molecular weight is 451 g/mol. The van der Waals surface area contributed by atoms with Gasteiger partial charge in [0.25, 0.3) is 5.91 Å². The van der Waals surface area contributed by atoms with Gasteiger partial charge in [0.05, 0.1) is 5.69 Å². The Bertz CT molecular complexity index is 1450. The monoisotopic (exact) mass is 450 g/mol. The number of nitrogens with one attached hydrogen (secondary N) is 1. The fourth-order valence-corrected chi connectivity index (χ4v) is 4.52. The summed E-state index contributed by atoms with van der Waals surface area (Å²) in [5.41, 5.74) is 7.89. The minimum Gasteiger partial charge on any atom is -0.321 e. The van der Waals surface area contributed by atoms with Crippen LogP contribution in [0.2, 0.25) is 0 Å². The molecule has 3 aromatic carbocycles.